The lowest BCUT2D eigenvalue weighted by Crippen LogP contribution is -2.37. The molecule has 0 fully saturated rings. The summed E-state index contributed by atoms with van der Waals surface area (Å²) in [4.78, 5) is 11.7. The molecule has 6 heteroatoms. The first-order chi connectivity index (χ1) is 10.0. The zero-order valence-electron chi connectivity index (χ0n) is 12.3. The molecule has 0 spiro atoms. The normalized spacial score (nSPS) is 14.5. The molecule has 0 aliphatic heterocycles. The van der Waals surface area contributed by atoms with Crippen LogP contribution in [0.5, 0.6) is 0 Å². The average Bonchev–Trinajstić information content (AvgIpc) is 2.50. The van der Waals surface area contributed by atoms with Crippen molar-refractivity contribution in [3.8, 4) is 0 Å². The van der Waals surface area contributed by atoms with Gasteiger partial charge in [0.15, 0.2) is 0 Å². The van der Waals surface area contributed by atoms with E-state index in [1.165, 1.54) is 5.56 Å². The second-order valence-electron chi connectivity index (χ2n) is 5.31. The van der Waals surface area contributed by atoms with Crippen LogP contribution in [-0.4, -0.2) is 27.4 Å². The first-order valence-electron chi connectivity index (χ1n) is 7.41. The molecule has 1 aliphatic carbocycles. The van der Waals surface area contributed by atoms with Crippen LogP contribution in [0.3, 0.4) is 0 Å². The Bertz CT molecular complexity index is 611. The molecule has 0 atom stereocenters. The lowest BCUT2D eigenvalue weighted by Gasteiger charge is -2.16. The third-order valence-corrected chi connectivity index (χ3v) is 5.02. The van der Waals surface area contributed by atoms with E-state index in [4.69, 9.17) is 0 Å². The number of sulfonamides is 1. The lowest BCUT2D eigenvalue weighted by atomic mass is 9.92. The Morgan fingerprint density at radius 1 is 1.19 bits per heavy atom. The molecule has 0 saturated carbocycles. The Balaban J connectivity index is 2.04. The average molecular weight is 310 g/mol. The van der Waals surface area contributed by atoms with E-state index in [-0.39, 0.29) is 17.3 Å². The molecule has 1 aromatic rings. The van der Waals surface area contributed by atoms with Crippen molar-refractivity contribution in [3.63, 3.8) is 0 Å². The van der Waals surface area contributed by atoms with Gasteiger partial charge >= 0.3 is 0 Å². The van der Waals surface area contributed by atoms with Crippen molar-refractivity contribution >= 4 is 15.9 Å². The van der Waals surface area contributed by atoms with Crippen LogP contribution in [0.2, 0.25) is 0 Å². The predicted molar refractivity (Wildman–Crippen MR) is 81.6 cm³/mol. The number of hydrogen-bond acceptors (Lipinski definition) is 3. The third-order valence-electron chi connectivity index (χ3n) is 3.63. The molecule has 116 valence electrons. The Labute approximate surface area is 126 Å². The maximum Gasteiger partial charge on any atom is 0.241 e. The number of fused-ring (bicyclic) bond motifs is 1. The SMILES string of the molecule is CCCNC(=O)CNS(=O)(=O)c1ccc2c(c1)CCCC2. The molecule has 0 bridgehead atoms. The number of benzene rings is 1. The van der Waals surface area contributed by atoms with Crippen molar-refractivity contribution in [2.75, 3.05) is 13.1 Å². The molecule has 0 radical (unpaired) electrons. The minimum Gasteiger partial charge on any atom is -0.355 e. The van der Waals surface area contributed by atoms with Crippen molar-refractivity contribution in [1.29, 1.82) is 0 Å². The first kappa shape index (κ1) is 16.0. The summed E-state index contributed by atoms with van der Waals surface area (Å²) in [5, 5.41) is 2.64. The molecular weight excluding hydrogens is 288 g/mol. The predicted octanol–water partition coefficient (Wildman–Crippen LogP) is 1.37. The minimum absolute atomic E-state index is 0.223. The molecule has 2 N–H and O–H groups in total. The van der Waals surface area contributed by atoms with Gasteiger partial charge in [-0.2, -0.15) is 0 Å². The summed E-state index contributed by atoms with van der Waals surface area (Å²) in [6.07, 6.45) is 5.03. The molecule has 0 unspecified atom stereocenters. The van der Waals surface area contributed by atoms with Gasteiger partial charge in [0, 0.05) is 6.54 Å². The summed E-state index contributed by atoms with van der Waals surface area (Å²) in [5.74, 6) is -0.307. The fourth-order valence-electron chi connectivity index (χ4n) is 2.45. The third kappa shape index (κ3) is 4.28. The van der Waals surface area contributed by atoms with Crippen LogP contribution >= 0.6 is 0 Å². The van der Waals surface area contributed by atoms with Crippen LogP contribution in [0.25, 0.3) is 0 Å². The maximum atomic E-state index is 12.2. The zero-order chi connectivity index (χ0) is 15.3. The van der Waals surface area contributed by atoms with Crippen molar-refractivity contribution in [2.24, 2.45) is 0 Å². The number of aryl methyl sites for hydroxylation is 2. The number of hydrogen-bond donors (Lipinski definition) is 2. The standard InChI is InChI=1S/C15H22N2O3S/c1-2-9-16-15(18)11-17-21(19,20)14-8-7-12-5-3-4-6-13(12)10-14/h7-8,10,17H,2-6,9,11H2,1H3,(H,16,18). The molecule has 0 saturated heterocycles. The molecule has 0 heterocycles. The highest BCUT2D eigenvalue weighted by Gasteiger charge is 2.18. The Morgan fingerprint density at radius 2 is 1.90 bits per heavy atom. The number of carbonyl (C=O) groups excluding carboxylic acids is 1. The molecule has 0 aromatic heterocycles. The number of nitrogens with one attached hydrogen (secondary N) is 2. The quantitative estimate of drug-likeness (QED) is 0.833. The highest BCUT2D eigenvalue weighted by molar-refractivity contribution is 7.89. The van der Waals surface area contributed by atoms with Crippen molar-refractivity contribution in [1.82, 2.24) is 10.0 Å². The maximum absolute atomic E-state index is 12.2. The molecular formula is C15H22N2O3S. The molecule has 1 aromatic carbocycles. The van der Waals surface area contributed by atoms with Gasteiger partial charge in [0.05, 0.1) is 11.4 Å². The van der Waals surface area contributed by atoms with E-state index in [2.05, 4.69) is 10.0 Å². The van der Waals surface area contributed by atoms with Crippen LogP contribution in [0.15, 0.2) is 23.1 Å². The number of amides is 1. The number of rotatable bonds is 6. The van der Waals surface area contributed by atoms with Gasteiger partial charge in [-0.15, -0.1) is 0 Å². The van der Waals surface area contributed by atoms with E-state index in [0.717, 1.165) is 37.7 Å². The smallest absolute Gasteiger partial charge is 0.241 e. The largest absolute Gasteiger partial charge is 0.355 e. The van der Waals surface area contributed by atoms with E-state index >= 15 is 0 Å². The number of carbonyl (C=O) groups is 1. The summed E-state index contributed by atoms with van der Waals surface area (Å²) >= 11 is 0. The van der Waals surface area contributed by atoms with Crippen LogP contribution in [-0.2, 0) is 27.7 Å². The summed E-state index contributed by atoms with van der Waals surface area (Å²) in [6, 6.07) is 5.25. The fraction of sp³-hybridized carbons (Fsp3) is 0.533. The molecule has 5 nitrogen and oxygen atoms in total. The highest BCUT2D eigenvalue weighted by atomic mass is 32.2. The molecule has 1 aliphatic rings. The lowest BCUT2D eigenvalue weighted by molar-refractivity contribution is -0.119. The minimum atomic E-state index is -3.62. The second-order valence-corrected chi connectivity index (χ2v) is 7.08. The van der Waals surface area contributed by atoms with Crippen molar-refractivity contribution in [3.05, 3.63) is 29.3 Å². The zero-order valence-corrected chi connectivity index (χ0v) is 13.1. The van der Waals surface area contributed by atoms with Crippen LogP contribution < -0.4 is 10.0 Å². The van der Waals surface area contributed by atoms with Gasteiger partial charge in [-0.3, -0.25) is 4.79 Å². The summed E-state index contributed by atoms with van der Waals surface area (Å²) < 4.78 is 26.8. The Hall–Kier alpha value is -1.40. The fourth-order valence-corrected chi connectivity index (χ4v) is 3.48. The van der Waals surface area contributed by atoms with Crippen LogP contribution in [0, 0.1) is 0 Å². The second kappa shape index (κ2) is 7.04. The van der Waals surface area contributed by atoms with E-state index in [1.807, 2.05) is 13.0 Å². The molecule has 2 rings (SSSR count). The summed E-state index contributed by atoms with van der Waals surface area (Å²) in [7, 11) is -3.62. The first-order valence-corrected chi connectivity index (χ1v) is 8.89. The monoisotopic (exact) mass is 310 g/mol. The van der Waals surface area contributed by atoms with Crippen molar-refractivity contribution in [2.45, 2.75) is 43.9 Å². The van der Waals surface area contributed by atoms with Gasteiger partial charge in [-0.1, -0.05) is 13.0 Å². The van der Waals surface area contributed by atoms with Crippen LogP contribution in [0.1, 0.15) is 37.3 Å². The van der Waals surface area contributed by atoms with Crippen LogP contribution in [0.4, 0.5) is 0 Å². The van der Waals surface area contributed by atoms with E-state index < -0.39 is 10.0 Å². The highest BCUT2D eigenvalue weighted by Crippen LogP contribution is 2.23. The molecule has 1 amide bonds. The Morgan fingerprint density at radius 3 is 2.62 bits per heavy atom. The van der Waals surface area contributed by atoms with Gasteiger partial charge in [0.25, 0.3) is 0 Å². The van der Waals surface area contributed by atoms with E-state index in [9.17, 15) is 13.2 Å². The van der Waals surface area contributed by atoms with Gasteiger partial charge in [-0.25, -0.2) is 13.1 Å². The molecule has 21 heavy (non-hydrogen) atoms. The topological polar surface area (TPSA) is 75.3 Å². The van der Waals surface area contributed by atoms with E-state index in [0.29, 0.717) is 6.54 Å². The van der Waals surface area contributed by atoms with Crippen molar-refractivity contribution < 1.29 is 13.2 Å². The van der Waals surface area contributed by atoms with Gasteiger partial charge in [0.1, 0.15) is 0 Å². The Kier molecular flexibility index (Phi) is 5.36. The van der Waals surface area contributed by atoms with Gasteiger partial charge in [-0.05, 0) is 55.4 Å². The van der Waals surface area contributed by atoms with Gasteiger partial charge in [0.2, 0.25) is 15.9 Å². The van der Waals surface area contributed by atoms with Gasteiger partial charge < -0.3 is 5.32 Å². The summed E-state index contributed by atoms with van der Waals surface area (Å²) in [5.41, 5.74) is 2.35. The van der Waals surface area contributed by atoms with E-state index in [1.54, 1.807) is 12.1 Å². The summed E-state index contributed by atoms with van der Waals surface area (Å²) in [6.45, 7) is 2.27.